The lowest BCUT2D eigenvalue weighted by Gasteiger charge is -2.34. The zero-order valence-electron chi connectivity index (χ0n) is 18.8. The van der Waals surface area contributed by atoms with E-state index in [1.165, 1.54) is 4.90 Å². The third-order valence-corrected chi connectivity index (χ3v) is 6.10. The largest absolute Gasteiger partial charge is 0.493 e. The molecule has 2 fully saturated rings. The number of hydrogen-bond acceptors (Lipinski definition) is 6. The van der Waals surface area contributed by atoms with Crippen molar-refractivity contribution in [1.82, 2.24) is 14.7 Å². The second-order valence-electron chi connectivity index (χ2n) is 9.10. The molecule has 3 aliphatic rings. The Hall–Kier alpha value is -2.38. The van der Waals surface area contributed by atoms with E-state index in [4.69, 9.17) is 9.47 Å². The number of ether oxygens (including phenoxy) is 2. The van der Waals surface area contributed by atoms with E-state index in [-0.39, 0.29) is 17.9 Å². The van der Waals surface area contributed by atoms with Crippen LogP contribution in [0.25, 0.3) is 5.57 Å². The van der Waals surface area contributed by atoms with Gasteiger partial charge in [0.05, 0.1) is 24.8 Å². The highest BCUT2D eigenvalue weighted by atomic mass is 16.5. The topological polar surface area (TPSA) is 62.3 Å². The van der Waals surface area contributed by atoms with Crippen LogP contribution < -0.4 is 4.74 Å². The van der Waals surface area contributed by atoms with Crippen molar-refractivity contribution in [2.45, 2.75) is 32.8 Å². The van der Waals surface area contributed by atoms with E-state index in [9.17, 15) is 9.59 Å². The number of piperazine rings is 1. The Morgan fingerprint density at radius 2 is 1.77 bits per heavy atom. The van der Waals surface area contributed by atoms with Gasteiger partial charge in [0.15, 0.2) is 0 Å². The first-order valence-electron chi connectivity index (χ1n) is 11.3. The lowest BCUT2D eigenvalue weighted by Crippen LogP contribution is -2.46. The van der Waals surface area contributed by atoms with Crippen LogP contribution in [0.4, 0.5) is 0 Å². The third-order valence-electron chi connectivity index (χ3n) is 6.10. The summed E-state index contributed by atoms with van der Waals surface area (Å²) >= 11 is 0. The highest BCUT2D eigenvalue weighted by Gasteiger charge is 2.43. The van der Waals surface area contributed by atoms with Crippen molar-refractivity contribution in [2.24, 2.45) is 5.92 Å². The number of nitrogens with zero attached hydrogens (tertiary/aromatic N) is 3. The molecule has 0 saturated carbocycles. The van der Waals surface area contributed by atoms with Crippen LogP contribution in [0.1, 0.15) is 32.3 Å². The lowest BCUT2D eigenvalue weighted by molar-refractivity contribution is -0.139. The van der Waals surface area contributed by atoms with E-state index < -0.39 is 0 Å². The van der Waals surface area contributed by atoms with E-state index in [1.807, 2.05) is 24.3 Å². The van der Waals surface area contributed by atoms with Gasteiger partial charge in [-0.2, -0.15) is 0 Å². The predicted octanol–water partition coefficient (Wildman–Crippen LogP) is 2.23. The molecule has 31 heavy (non-hydrogen) atoms. The monoisotopic (exact) mass is 427 g/mol. The summed E-state index contributed by atoms with van der Waals surface area (Å²) in [5.74, 6) is 0.796. The maximum atomic E-state index is 13.4. The molecule has 0 spiro atoms. The van der Waals surface area contributed by atoms with Gasteiger partial charge < -0.3 is 19.3 Å². The Morgan fingerprint density at radius 1 is 1.06 bits per heavy atom. The van der Waals surface area contributed by atoms with Gasteiger partial charge in [-0.25, -0.2) is 0 Å². The summed E-state index contributed by atoms with van der Waals surface area (Å²) in [7, 11) is 2.08. The Morgan fingerprint density at radius 3 is 2.39 bits per heavy atom. The zero-order chi connectivity index (χ0) is 22.0. The molecule has 7 heteroatoms. The first-order valence-corrected chi connectivity index (χ1v) is 11.3. The van der Waals surface area contributed by atoms with Gasteiger partial charge in [0.1, 0.15) is 11.4 Å². The highest BCUT2D eigenvalue weighted by molar-refractivity contribution is 6.35. The SMILES string of the molecule is CC(C)COc1ccc(C2=C(N3CCN(C)CC3)C(=O)N(CC3CCCO3)C2=O)cc1. The van der Waals surface area contributed by atoms with Gasteiger partial charge in [0.2, 0.25) is 0 Å². The molecule has 1 aromatic carbocycles. The Labute approximate surface area is 184 Å². The molecule has 4 rings (SSSR count). The van der Waals surface area contributed by atoms with E-state index in [2.05, 4.69) is 30.7 Å². The number of hydrogen-bond donors (Lipinski definition) is 0. The van der Waals surface area contributed by atoms with E-state index >= 15 is 0 Å². The summed E-state index contributed by atoms with van der Waals surface area (Å²) in [5, 5.41) is 0. The van der Waals surface area contributed by atoms with Crippen molar-refractivity contribution < 1.29 is 19.1 Å². The fourth-order valence-electron chi connectivity index (χ4n) is 4.29. The molecule has 0 aromatic heterocycles. The van der Waals surface area contributed by atoms with Crippen LogP contribution in [0, 0.1) is 5.92 Å². The van der Waals surface area contributed by atoms with Crippen LogP contribution >= 0.6 is 0 Å². The fourth-order valence-corrected chi connectivity index (χ4v) is 4.29. The minimum absolute atomic E-state index is 0.0622. The Bertz CT molecular complexity index is 835. The number of carbonyl (C=O) groups is 2. The van der Waals surface area contributed by atoms with Gasteiger partial charge in [0, 0.05) is 32.8 Å². The number of amides is 2. The molecular formula is C24H33N3O4. The normalized spacial score (nSPS) is 22.9. The van der Waals surface area contributed by atoms with Crippen LogP contribution in [0.5, 0.6) is 5.75 Å². The molecule has 3 aliphatic heterocycles. The third kappa shape index (κ3) is 4.77. The van der Waals surface area contributed by atoms with Crippen molar-refractivity contribution in [1.29, 1.82) is 0 Å². The van der Waals surface area contributed by atoms with E-state index in [0.717, 1.165) is 50.3 Å². The summed E-state index contributed by atoms with van der Waals surface area (Å²) in [4.78, 5) is 32.6. The number of benzene rings is 1. The van der Waals surface area contributed by atoms with Gasteiger partial charge in [-0.15, -0.1) is 0 Å². The smallest absolute Gasteiger partial charge is 0.277 e. The number of carbonyl (C=O) groups excluding carboxylic acids is 2. The van der Waals surface area contributed by atoms with Crippen LogP contribution in [0.15, 0.2) is 30.0 Å². The molecule has 1 unspecified atom stereocenters. The second kappa shape index (κ2) is 9.40. The van der Waals surface area contributed by atoms with E-state index in [1.54, 1.807) is 0 Å². The highest BCUT2D eigenvalue weighted by Crippen LogP contribution is 2.33. The molecule has 0 bridgehead atoms. The molecule has 0 radical (unpaired) electrons. The number of likely N-dealkylation sites (N-methyl/N-ethyl adjacent to an activating group) is 1. The number of rotatable bonds is 7. The fraction of sp³-hybridized carbons (Fsp3) is 0.583. The van der Waals surface area contributed by atoms with Crippen LogP contribution in [0.3, 0.4) is 0 Å². The molecule has 1 aromatic rings. The summed E-state index contributed by atoms with van der Waals surface area (Å²) in [6.45, 7) is 9.08. The lowest BCUT2D eigenvalue weighted by atomic mass is 10.0. The van der Waals surface area contributed by atoms with Crippen molar-refractivity contribution in [2.75, 3.05) is 53.0 Å². The van der Waals surface area contributed by atoms with Crippen LogP contribution in [-0.4, -0.2) is 85.6 Å². The average Bonchev–Trinajstić information content (AvgIpc) is 3.36. The summed E-state index contributed by atoms with van der Waals surface area (Å²) in [6, 6.07) is 7.54. The van der Waals surface area contributed by atoms with E-state index in [0.29, 0.717) is 36.9 Å². The van der Waals surface area contributed by atoms with Crippen molar-refractivity contribution in [3.63, 3.8) is 0 Å². The quantitative estimate of drug-likeness (QED) is 0.622. The maximum absolute atomic E-state index is 13.4. The van der Waals surface area contributed by atoms with Crippen LogP contribution in [-0.2, 0) is 14.3 Å². The molecule has 2 saturated heterocycles. The maximum Gasteiger partial charge on any atom is 0.277 e. The zero-order valence-corrected chi connectivity index (χ0v) is 18.8. The standard InChI is InChI=1S/C24H33N3O4/c1-17(2)16-31-19-8-6-18(7-9-19)21-22(26-12-10-25(3)11-13-26)24(29)27(23(21)28)15-20-5-4-14-30-20/h6-9,17,20H,4-5,10-16H2,1-3H3. The molecule has 0 N–H and O–H groups in total. The van der Waals surface area contributed by atoms with Crippen molar-refractivity contribution in [3.8, 4) is 5.75 Å². The molecule has 2 amide bonds. The minimum Gasteiger partial charge on any atom is -0.493 e. The first-order chi connectivity index (χ1) is 14.9. The minimum atomic E-state index is -0.217. The Balaban J connectivity index is 1.62. The van der Waals surface area contributed by atoms with Gasteiger partial charge in [-0.3, -0.25) is 14.5 Å². The molecular weight excluding hydrogens is 394 g/mol. The molecule has 1 atom stereocenters. The summed E-state index contributed by atoms with van der Waals surface area (Å²) < 4.78 is 11.5. The van der Waals surface area contributed by atoms with Crippen LogP contribution in [0.2, 0.25) is 0 Å². The first kappa shape index (κ1) is 21.8. The van der Waals surface area contributed by atoms with Gasteiger partial charge in [0.25, 0.3) is 11.8 Å². The summed E-state index contributed by atoms with van der Waals surface area (Å²) in [6.07, 6.45) is 1.80. The molecule has 7 nitrogen and oxygen atoms in total. The average molecular weight is 428 g/mol. The Kier molecular flexibility index (Phi) is 6.62. The summed E-state index contributed by atoms with van der Waals surface area (Å²) in [5.41, 5.74) is 1.80. The van der Waals surface area contributed by atoms with Gasteiger partial charge in [-0.1, -0.05) is 26.0 Å². The number of imide groups is 1. The van der Waals surface area contributed by atoms with Crippen molar-refractivity contribution in [3.05, 3.63) is 35.5 Å². The predicted molar refractivity (Wildman–Crippen MR) is 118 cm³/mol. The molecule has 0 aliphatic carbocycles. The molecule has 168 valence electrons. The van der Waals surface area contributed by atoms with Gasteiger partial charge >= 0.3 is 0 Å². The van der Waals surface area contributed by atoms with Crippen molar-refractivity contribution >= 4 is 17.4 Å². The molecule has 3 heterocycles. The van der Waals surface area contributed by atoms with Gasteiger partial charge in [-0.05, 0) is 43.5 Å². The second-order valence-corrected chi connectivity index (χ2v) is 9.10.